The number of ketones is 1. The molecule has 0 aliphatic heterocycles. The largest absolute Gasteiger partial charge is 0.348 e. The van der Waals surface area contributed by atoms with Crippen LogP contribution in [0, 0.1) is 19.8 Å². The minimum atomic E-state index is -0.0429. The summed E-state index contributed by atoms with van der Waals surface area (Å²) in [6.45, 7) is 5.35. The monoisotopic (exact) mass is 251 g/mol. The molecule has 1 fully saturated rings. The molecule has 2 nitrogen and oxygen atoms in total. The SMILES string of the molecule is Cc1cc(/C=C/C(=O)CCl)c(C)n1CC1CC1. The number of hydrogen-bond acceptors (Lipinski definition) is 1. The predicted molar refractivity (Wildman–Crippen MR) is 71.4 cm³/mol. The van der Waals surface area contributed by atoms with Crippen molar-refractivity contribution in [3.8, 4) is 0 Å². The first-order chi connectivity index (χ1) is 8.11. The fourth-order valence-corrected chi connectivity index (χ4v) is 2.15. The van der Waals surface area contributed by atoms with Gasteiger partial charge in [0.25, 0.3) is 0 Å². The number of alkyl halides is 1. The molecule has 2 rings (SSSR count). The van der Waals surface area contributed by atoms with Crippen LogP contribution in [0.4, 0.5) is 0 Å². The summed E-state index contributed by atoms with van der Waals surface area (Å²) >= 11 is 5.47. The fourth-order valence-electron chi connectivity index (χ4n) is 2.06. The normalized spacial score (nSPS) is 15.7. The Hall–Kier alpha value is -1.02. The van der Waals surface area contributed by atoms with Crippen molar-refractivity contribution in [2.24, 2.45) is 5.92 Å². The Balaban J connectivity index is 2.17. The van der Waals surface area contributed by atoms with Crippen LogP contribution in [0.2, 0.25) is 0 Å². The van der Waals surface area contributed by atoms with E-state index < -0.39 is 0 Å². The molecule has 1 saturated carbocycles. The molecule has 0 aromatic carbocycles. The maximum Gasteiger partial charge on any atom is 0.170 e. The van der Waals surface area contributed by atoms with E-state index in [1.54, 1.807) is 6.08 Å². The van der Waals surface area contributed by atoms with E-state index in [2.05, 4.69) is 24.5 Å². The van der Waals surface area contributed by atoms with E-state index in [9.17, 15) is 4.79 Å². The topological polar surface area (TPSA) is 22.0 Å². The Morgan fingerprint density at radius 2 is 2.24 bits per heavy atom. The van der Waals surface area contributed by atoms with Crippen LogP contribution in [0.1, 0.15) is 29.8 Å². The van der Waals surface area contributed by atoms with E-state index in [0.29, 0.717) is 0 Å². The van der Waals surface area contributed by atoms with Crippen molar-refractivity contribution in [3.63, 3.8) is 0 Å². The van der Waals surface area contributed by atoms with Gasteiger partial charge in [-0.15, -0.1) is 11.6 Å². The van der Waals surface area contributed by atoms with Gasteiger partial charge in [-0.05, 0) is 56.4 Å². The summed E-state index contributed by atoms with van der Waals surface area (Å²) in [5, 5.41) is 0. The van der Waals surface area contributed by atoms with Crippen LogP contribution >= 0.6 is 11.6 Å². The lowest BCUT2D eigenvalue weighted by molar-refractivity contribution is -0.112. The van der Waals surface area contributed by atoms with Gasteiger partial charge in [0.2, 0.25) is 0 Å². The van der Waals surface area contributed by atoms with E-state index in [1.165, 1.54) is 24.2 Å². The summed E-state index contributed by atoms with van der Waals surface area (Å²) in [5.41, 5.74) is 3.64. The van der Waals surface area contributed by atoms with E-state index in [1.807, 2.05) is 6.08 Å². The molecule has 0 bridgehead atoms. The second kappa shape index (κ2) is 5.09. The van der Waals surface area contributed by atoms with Gasteiger partial charge in [0.15, 0.2) is 5.78 Å². The van der Waals surface area contributed by atoms with E-state index in [4.69, 9.17) is 11.6 Å². The first-order valence-corrected chi connectivity index (χ1v) is 6.59. The Bertz CT molecular complexity index is 455. The molecular formula is C14H18ClNO. The highest BCUT2D eigenvalue weighted by Crippen LogP contribution is 2.32. The summed E-state index contributed by atoms with van der Waals surface area (Å²) in [4.78, 5) is 11.2. The zero-order valence-corrected chi connectivity index (χ0v) is 11.1. The third-order valence-corrected chi connectivity index (χ3v) is 3.59. The van der Waals surface area contributed by atoms with Crippen LogP contribution in [-0.2, 0) is 11.3 Å². The highest BCUT2D eigenvalue weighted by Gasteiger charge is 2.23. The van der Waals surface area contributed by atoms with Gasteiger partial charge in [0.1, 0.15) is 0 Å². The van der Waals surface area contributed by atoms with Gasteiger partial charge in [-0.3, -0.25) is 4.79 Å². The molecule has 0 saturated heterocycles. The summed E-state index contributed by atoms with van der Waals surface area (Å²) < 4.78 is 2.35. The Morgan fingerprint density at radius 1 is 1.53 bits per heavy atom. The first kappa shape index (κ1) is 12.4. The molecule has 1 aromatic heterocycles. The molecule has 0 atom stereocenters. The second-order valence-corrected chi connectivity index (χ2v) is 5.08. The number of halogens is 1. The van der Waals surface area contributed by atoms with Crippen molar-refractivity contribution in [2.45, 2.75) is 33.2 Å². The molecule has 0 unspecified atom stereocenters. The third-order valence-electron chi connectivity index (χ3n) is 3.33. The maximum atomic E-state index is 11.2. The summed E-state index contributed by atoms with van der Waals surface area (Å²) in [6, 6.07) is 2.13. The molecule has 92 valence electrons. The highest BCUT2D eigenvalue weighted by molar-refractivity contribution is 6.29. The van der Waals surface area contributed by atoms with Crippen molar-refractivity contribution in [1.29, 1.82) is 0 Å². The van der Waals surface area contributed by atoms with Crippen molar-refractivity contribution in [2.75, 3.05) is 5.88 Å². The molecule has 0 radical (unpaired) electrons. The van der Waals surface area contributed by atoms with Crippen molar-refractivity contribution < 1.29 is 4.79 Å². The molecule has 17 heavy (non-hydrogen) atoms. The van der Waals surface area contributed by atoms with Gasteiger partial charge >= 0.3 is 0 Å². The number of aryl methyl sites for hydroxylation is 1. The number of carbonyl (C=O) groups excluding carboxylic acids is 1. The van der Waals surface area contributed by atoms with Crippen LogP contribution in [0.5, 0.6) is 0 Å². The Morgan fingerprint density at radius 3 is 2.82 bits per heavy atom. The van der Waals surface area contributed by atoms with Crippen LogP contribution < -0.4 is 0 Å². The summed E-state index contributed by atoms with van der Waals surface area (Å²) in [6.07, 6.45) is 6.15. The molecule has 1 heterocycles. The van der Waals surface area contributed by atoms with Crippen LogP contribution in [0.3, 0.4) is 0 Å². The molecule has 0 amide bonds. The van der Waals surface area contributed by atoms with Gasteiger partial charge in [0, 0.05) is 17.9 Å². The summed E-state index contributed by atoms with van der Waals surface area (Å²) in [5.74, 6) is 0.872. The van der Waals surface area contributed by atoms with Crippen LogP contribution in [-0.4, -0.2) is 16.2 Å². The van der Waals surface area contributed by atoms with Gasteiger partial charge in [-0.1, -0.05) is 0 Å². The van der Waals surface area contributed by atoms with Crippen molar-refractivity contribution in [3.05, 3.63) is 29.1 Å². The first-order valence-electron chi connectivity index (χ1n) is 6.05. The number of nitrogens with zero attached hydrogens (tertiary/aromatic N) is 1. The molecule has 3 heteroatoms. The zero-order valence-electron chi connectivity index (χ0n) is 10.4. The van der Waals surface area contributed by atoms with Crippen molar-refractivity contribution >= 4 is 23.5 Å². The average Bonchev–Trinajstić information content (AvgIpc) is 3.09. The lowest BCUT2D eigenvalue weighted by atomic mass is 10.2. The molecule has 1 aromatic rings. The number of aromatic nitrogens is 1. The lowest BCUT2D eigenvalue weighted by Crippen LogP contribution is -2.03. The van der Waals surface area contributed by atoms with Crippen LogP contribution in [0.25, 0.3) is 6.08 Å². The molecule has 0 N–H and O–H groups in total. The average molecular weight is 252 g/mol. The fraction of sp³-hybridized carbons (Fsp3) is 0.500. The van der Waals surface area contributed by atoms with Crippen molar-refractivity contribution in [1.82, 2.24) is 4.57 Å². The van der Waals surface area contributed by atoms with Gasteiger partial charge in [-0.2, -0.15) is 0 Å². The second-order valence-electron chi connectivity index (χ2n) is 4.81. The smallest absolute Gasteiger partial charge is 0.170 e. The highest BCUT2D eigenvalue weighted by atomic mass is 35.5. The van der Waals surface area contributed by atoms with E-state index in [0.717, 1.165) is 18.0 Å². The molecule has 1 aliphatic rings. The number of carbonyl (C=O) groups is 1. The van der Waals surface area contributed by atoms with E-state index in [-0.39, 0.29) is 11.7 Å². The molecular weight excluding hydrogens is 234 g/mol. The predicted octanol–water partition coefficient (Wildman–Crippen LogP) is 3.34. The number of hydrogen-bond donors (Lipinski definition) is 0. The van der Waals surface area contributed by atoms with Gasteiger partial charge in [-0.25, -0.2) is 0 Å². The zero-order chi connectivity index (χ0) is 12.4. The van der Waals surface area contributed by atoms with Gasteiger partial charge in [0.05, 0.1) is 5.88 Å². The molecule has 0 spiro atoms. The maximum absolute atomic E-state index is 11.2. The van der Waals surface area contributed by atoms with Crippen LogP contribution in [0.15, 0.2) is 12.1 Å². The quantitative estimate of drug-likeness (QED) is 0.581. The summed E-state index contributed by atoms with van der Waals surface area (Å²) in [7, 11) is 0. The standard InChI is InChI=1S/C14H18ClNO/c1-10-7-13(5-6-14(17)8-15)11(2)16(10)9-12-3-4-12/h5-7,12H,3-4,8-9H2,1-2H3/b6-5+. The lowest BCUT2D eigenvalue weighted by Gasteiger charge is -2.07. The minimum Gasteiger partial charge on any atom is -0.348 e. The van der Waals surface area contributed by atoms with Gasteiger partial charge < -0.3 is 4.57 Å². The minimum absolute atomic E-state index is 0.0429. The number of rotatable bonds is 5. The Kier molecular flexibility index (Phi) is 3.72. The number of allylic oxidation sites excluding steroid dienone is 1. The Labute approximate surface area is 107 Å². The van der Waals surface area contributed by atoms with E-state index >= 15 is 0 Å². The molecule has 1 aliphatic carbocycles. The third kappa shape index (κ3) is 3.01.